The molecule has 0 saturated carbocycles. The number of nitrogens with zero attached hydrogens (tertiary/aromatic N) is 3. The highest BCUT2D eigenvalue weighted by atomic mass is 32.2. The summed E-state index contributed by atoms with van der Waals surface area (Å²) in [6, 6.07) is 15.5. The Labute approximate surface area is 186 Å². The Bertz CT molecular complexity index is 1060. The standard InChI is InChI=1S/C23H27N5O2S/c1-4-16-10-6-8-12-18(16)24-21(29)14-20-26-27-23(28(20)3)31-15-22(30)25-19-13-9-7-11-17(19)5-2/h6-13H,4-5,14-15H2,1-3H3,(H,24,29)(H,25,30). The van der Waals surface area contributed by atoms with Gasteiger partial charge in [-0.3, -0.25) is 9.59 Å². The number of carbonyl (C=O) groups excluding carboxylic acids is 2. The molecule has 1 heterocycles. The average molecular weight is 438 g/mol. The molecule has 0 fully saturated rings. The summed E-state index contributed by atoms with van der Waals surface area (Å²) in [5.74, 6) is 0.497. The van der Waals surface area contributed by atoms with Gasteiger partial charge in [-0.25, -0.2) is 0 Å². The van der Waals surface area contributed by atoms with Gasteiger partial charge in [0.25, 0.3) is 0 Å². The lowest BCUT2D eigenvalue weighted by Gasteiger charge is -2.10. The molecule has 31 heavy (non-hydrogen) atoms. The highest BCUT2D eigenvalue weighted by molar-refractivity contribution is 7.99. The van der Waals surface area contributed by atoms with E-state index in [1.807, 2.05) is 55.5 Å². The fraction of sp³-hybridized carbons (Fsp3) is 0.304. The lowest BCUT2D eigenvalue weighted by molar-refractivity contribution is -0.116. The van der Waals surface area contributed by atoms with Crippen LogP contribution in [0.1, 0.15) is 30.8 Å². The van der Waals surface area contributed by atoms with Crippen LogP contribution in [0.25, 0.3) is 0 Å². The Morgan fingerprint density at radius 3 is 2.00 bits per heavy atom. The van der Waals surface area contributed by atoms with Crippen LogP contribution in [0.5, 0.6) is 0 Å². The van der Waals surface area contributed by atoms with Crippen LogP contribution < -0.4 is 10.6 Å². The van der Waals surface area contributed by atoms with Gasteiger partial charge in [0.1, 0.15) is 5.82 Å². The van der Waals surface area contributed by atoms with E-state index in [1.165, 1.54) is 11.8 Å². The van der Waals surface area contributed by atoms with Crippen LogP contribution in [0.3, 0.4) is 0 Å². The van der Waals surface area contributed by atoms with Crippen molar-refractivity contribution in [3.63, 3.8) is 0 Å². The minimum Gasteiger partial charge on any atom is -0.325 e. The van der Waals surface area contributed by atoms with E-state index in [0.717, 1.165) is 35.3 Å². The molecule has 0 saturated heterocycles. The number of amides is 2. The number of carbonyl (C=O) groups is 2. The van der Waals surface area contributed by atoms with Crippen molar-refractivity contribution in [3.05, 3.63) is 65.5 Å². The molecule has 0 spiro atoms. The van der Waals surface area contributed by atoms with Gasteiger partial charge < -0.3 is 15.2 Å². The number of anilines is 2. The summed E-state index contributed by atoms with van der Waals surface area (Å²) in [6.07, 6.45) is 1.80. The zero-order valence-electron chi connectivity index (χ0n) is 18.0. The first kappa shape index (κ1) is 22.6. The van der Waals surface area contributed by atoms with E-state index in [1.54, 1.807) is 11.6 Å². The molecule has 2 N–H and O–H groups in total. The van der Waals surface area contributed by atoms with E-state index >= 15 is 0 Å². The number of rotatable bonds is 9. The minimum absolute atomic E-state index is 0.107. The van der Waals surface area contributed by atoms with Crippen molar-refractivity contribution < 1.29 is 9.59 Å². The predicted molar refractivity (Wildman–Crippen MR) is 124 cm³/mol. The fourth-order valence-corrected chi connectivity index (χ4v) is 3.91. The van der Waals surface area contributed by atoms with Gasteiger partial charge in [0.05, 0.1) is 12.2 Å². The number of aryl methyl sites for hydroxylation is 2. The van der Waals surface area contributed by atoms with Crippen LogP contribution in [-0.2, 0) is 35.9 Å². The van der Waals surface area contributed by atoms with Crippen molar-refractivity contribution in [1.29, 1.82) is 0 Å². The number of para-hydroxylation sites is 2. The molecule has 0 bridgehead atoms. The molecule has 7 nitrogen and oxygen atoms in total. The maximum absolute atomic E-state index is 12.5. The number of hydrogen-bond acceptors (Lipinski definition) is 5. The van der Waals surface area contributed by atoms with Gasteiger partial charge in [0.15, 0.2) is 5.16 Å². The number of thioether (sulfide) groups is 1. The molecule has 0 atom stereocenters. The summed E-state index contributed by atoms with van der Waals surface area (Å²) in [4.78, 5) is 24.8. The van der Waals surface area contributed by atoms with Crippen molar-refractivity contribution in [2.24, 2.45) is 7.05 Å². The Morgan fingerprint density at radius 2 is 1.42 bits per heavy atom. The summed E-state index contributed by atoms with van der Waals surface area (Å²) >= 11 is 1.29. The fourth-order valence-electron chi connectivity index (χ4n) is 3.18. The Balaban J connectivity index is 1.56. The zero-order chi connectivity index (χ0) is 22.2. The first-order valence-corrected chi connectivity index (χ1v) is 11.3. The molecule has 0 unspecified atom stereocenters. The monoisotopic (exact) mass is 437 g/mol. The third-order valence-corrected chi connectivity index (χ3v) is 5.94. The lowest BCUT2D eigenvalue weighted by atomic mass is 10.1. The second kappa shape index (κ2) is 10.8. The molecule has 0 aliphatic rings. The van der Waals surface area contributed by atoms with E-state index in [0.29, 0.717) is 11.0 Å². The van der Waals surface area contributed by atoms with E-state index in [-0.39, 0.29) is 24.0 Å². The first-order valence-electron chi connectivity index (χ1n) is 10.3. The van der Waals surface area contributed by atoms with Gasteiger partial charge in [-0.2, -0.15) is 0 Å². The number of nitrogens with one attached hydrogen (secondary N) is 2. The first-order chi connectivity index (χ1) is 15.0. The van der Waals surface area contributed by atoms with E-state index in [4.69, 9.17) is 0 Å². The van der Waals surface area contributed by atoms with E-state index in [9.17, 15) is 9.59 Å². The molecule has 162 valence electrons. The quantitative estimate of drug-likeness (QED) is 0.497. The number of benzene rings is 2. The van der Waals surface area contributed by atoms with Crippen molar-refractivity contribution >= 4 is 35.0 Å². The van der Waals surface area contributed by atoms with Crippen LogP contribution in [-0.4, -0.2) is 32.3 Å². The third-order valence-electron chi connectivity index (χ3n) is 4.92. The van der Waals surface area contributed by atoms with Crippen LogP contribution in [0.2, 0.25) is 0 Å². The SMILES string of the molecule is CCc1ccccc1NC(=O)CSc1nnc(CC(=O)Nc2ccccc2CC)n1C. The van der Waals surface area contributed by atoms with Crippen molar-refractivity contribution in [2.75, 3.05) is 16.4 Å². The number of hydrogen-bond donors (Lipinski definition) is 2. The van der Waals surface area contributed by atoms with E-state index in [2.05, 4.69) is 27.8 Å². The molecule has 0 radical (unpaired) electrons. The largest absolute Gasteiger partial charge is 0.325 e. The normalized spacial score (nSPS) is 10.7. The van der Waals surface area contributed by atoms with Crippen molar-refractivity contribution in [3.8, 4) is 0 Å². The second-order valence-electron chi connectivity index (χ2n) is 7.04. The summed E-state index contributed by atoms with van der Waals surface area (Å²) < 4.78 is 1.75. The van der Waals surface area contributed by atoms with Gasteiger partial charge in [-0.15, -0.1) is 10.2 Å². The van der Waals surface area contributed by atoms with Gasteiger partial charge >= 0.3 is 0 Å². The molecule has 8 heteroatoms. The molecule has 2 amide bonds. The summed E-state index contributed by atoms with van der Waals surface area (Å²) in [6.45, 7) is 4.10. The summed E-state index contributed by atoms with van der Waals surface area (Å²) in [5.41, 5.74) is 3.83. The minimum atomic E-state index is -0.151. The van der Waals surface area contributed by atoms with Crippen LogP contribution in [0.15, 0.2) is 53.7 Å². The Morgan fingerprint density at radius 1 is 0.871 bits per heavy atom. The van der Waals surface area contributed by atoms with Crippen molar-refractivity contribution in [1.82, 2.24) is 14.8 Å². The molecular weight excluding hydrogens is 410 g/mol. The maximum Gasteiger partial charge on any atom is 0.234 e. The maximum atomic E-state index is 12.5. The lowest BCUT2D eigenvalue weighted by Crippen LogP contribution is -2.18. The van der Waals surface area contributed by atoms with Gasteiger partial charge in [0, 0.05) is 18.4 Å². The topological polar surface area (TPSA) is 88.9 Å². The molecule has 0 aliphatic carbocycles. The Hall–Kier alpha value is -3.13. The summed E-state index contributed by atoms with van der Waals surface area (Å²) in [5, 5.41) is 14.8. The number of aromatic nitrogens is 3. The summed E-state index contributed by atoms with van der Waals surface area (Å²) in [7, 11) is 1.80. The molecule has 0 aliphatic heterocycles. The highest BCUT2D eigenvalue weighted by Crippen LogP contribution is 2.20. The second-order valence-corrected chi connectivity index (χ2v) is 7.98. The van der Waals surface area contributed by atoms with E-state index < -0.39 is 0 Å². The van der Waals surface area contributed by atoms with Crippen LogP contribution >= 0.6 is 11.8 Å². The molecular formula is C23H27N5O2S. The van der Waals surface area contributed by atoms with Gasteiger partial charge in [-0.05, 0) is 36.1 Å². The smallest absolute Gasteiger partial charge is 0.234 e. The van der Waals surface area contributed by atoms with Crippen LogP contribution in [0, 0.1) is 0 Å². The van der Waals surface area contributed by atoms with Crippen LogP contribution in [0.4, 0.5) is 11.4 Å². The van der Waals surface area contributed by atoms with Crippen molar-refractivity contribution in [2.45, 2.75) is 38.3 Å². The van der Waals surface area contributed by atoms with Gasteiger partial charge in [-0.1, -0.05) is 62.0 Å². The third kappa shape index (κ3) is 5.95. The van der Waals surface area contributed by atoms with Gasteiger partial charge in [0.2, 0.25) is 11.8 Å². The predicted octanol–water partition coefficient (Wildman–Crippen LogP) is 3.85. The zero-order valence-corrected chi connectivity index (χ0v) is 18.8. The molecule has 1 aromatic heterocycles. The molecule has 3 aromatic rings. The highest BCUT2D eigenvalue weighted by Gasteiger charge is 2.15. The molecule has 3 rings (SSSR count). The molecule has 2 aromatic carbocycles. The Kier molecular flexibility index (Phi) is 7.83. The average Bonchev–Trinajstić information content (AvgIpc) is 3.12.